The van der Waals surface area contributed by atoms with Crippen LogP contribution in [0.5, 0.6) is 0 Å². The summed E-state index contributed by atoms with van der Waals surface area (Å²) in [4.78, 5) is 0.357. The van der Waals surface area contributed by atoms with Crippen molar-refractivity contribution in [3.05, 3.63) is 11.9 Å². The van der Waals surface area contributed by atoms with Crippen LogP contribution in [0, 0.1) is 12.8 Å². The average Bonchev–Trinajstić information content (AvgIpc) is 2.72. The van der Waals surface area contributed by atoms with Gasteiger partial charge < -0.3 is 0 Å². The van der Waals surface area contributed by atoms with E-state index in [0.29, 0.717) is 29.6 Å². The van der Waals surface area contributed by atoms with E-state index in [4.69, 9.17) is 0 Å². The van der Waals surface area contributed by atoms with E-state index in [1.165, 1.54) is 0 Å². The third-order valence-corrected chi connectivity index (χ3v) is 5.61. The van der Waals surface area contributed by atoms with E-state index in [9.17, 15) is 8.42 Å². The van der Waals surface area contributed by atoms with Gasteiger partial charge in [-0.2, -0.15) is 9.40 Å². The molecule has 0 aliphatic carbocycles. The van der Waals surface area contributed by atoms with Gasteiger partial charge in [0.1, 0.15) is 4.90 Å². The van der Waals surface area contributed by atoms with Crippen LogP contribution in [0.15, 0.2) is 11.1 Å². The number of hydrogen-bond donors (Lipinski definition) is 0. The van der Waals surface area contributed by atoms with Gasteiger partial charge in [0.25, 0.3) is 0 Å². The highest BCUT2D eigenvalue weighted by atomic mass is 32.2. The minimum Gasteiger partial charge on any atom is -0.269 e. The van der Waals surface area contributed by atoms with Crippen molar-refractivity contribution in [1.82, 2.24) is 14.1 Å². The van der Waals surface area contributed by atoms with Crippen LogP contribution in [0.3, 0.4) is 0 Å². The minimum atomic E-state index is -3.39. The Kier molecular flexibility index (Phi) is 4.01. The predicted octanol–water partition coefficient (Wildman–Crippen LogP) is 2.19. The van der Waals surface area contributed by atoms with Crippen molar-refractivity contribution < 1.29 is 8.42 Å². The fraction of sp³-hybridized carbons (Fsp3) is 0.769. The second kappa shape index (κ2) is 5.25. The van der Waals surface area contributed by atoms with Crippen molar-refractivity contribution in [2.24, 2.45) is 5.92 Å². The first-order valence-electron chi connectivity index (χ1n) is 6.88. The molecule has 0 N–H and O–H groups in total. The summed E-state index contributed by atoms with van der Waals surface area (Å²) in [6.07, 6.45) is 3.71. The highest BCUT2D eigenvalue weighted by Gasteiger charge is 2.31. The van der Waals surface area contributed by atoms with Gasteiger partial charge in [-0.05, 0) is 39.5 Å². The first kappa shape index (κ1) is 14.5. The third kappa shape index (κ3) is 2.84. The molecule has 0 saturated carbocycles. The number of sulfonamides is 1. The summed E-state index contributed by atoms with van der Waals surface area (Å²) in [5.41, 5.74) is 0.590. The van der Waals surface area contributed by atoms with Gasteiger partial charge in [0, 0.05) is 25.3 Å². The SMILES string of the molecule is Cc1nn(C(C)C)cc1S(=O)(=O)N1CCCC(C)C1. The van der Waals surface area contributed by atoms with E-state index in [2.05, 4.69) is 12.0 Å². The molecular formula is C13H23N3O2S. The molecule has 5 nitrogen and oxygen atoms in total. The molecule has 0 spiro atoms. The third-order valence-electron chi connectivity index (χ3n) is 3.64. The molecule has 1 unspecified atom stereocenters. The molecule has 2 rings (SSSR count). The molecule has 19 heavy (non-hydrogen) atoms. The van der Waals surface area contributed by atoms with Gasteiger partial charge in [0.15, 0.2) is 0 Å². The lowest BCUT2D eigenvalue weighted by atomic mass is 10.0. The molecule has 0 bridgehead atoms. The molecule has 1 fully saturated rings. The Labute approximate surface area is 115 Å². The van der Waals surface area contributed by atoms with E-state index in [0.717, 1.165) is 12.8 Å². The summed E-state index contributed by atoms with van der Waals surface area (Å²) in [6.45, 7) is 9.09. The maximum absolute atomic E-state index is 12.7. The monoisotopic (exact) mass is 285 g/mol. The summed E-state index contributed by atoms with van der Waals surface area (Å²) in [5, 5.41) is 4.30. The van der Waals surface area contributed by atoms with E-state index >= 15 is 0 Å². The highest BCUT2D eigenvalue weighted by molar-refractivity contribution is 7.89. The standard InChI is InChI=1S/C13H23N3O2S/c1-10(2)16-9-13(12(4)14-16)19(17,18)15-7-5-6-11(3)8-15/h9-11H,5-8H2,1-4H3. The smallest absolute Gasteiger partial charge is 0.246 e. The fourth-order valence-corrected chi connectivity index (χ4v) is 4.24. The minimum absolute atomic E-state index is 0.169. The molecule has 0 aromatic carbocycles. The van der Waals surface area contributed by atoms with Gasteiger partial charge in [-0.1, -0.05) is 6.92 Å². The van der Waals surface area contributed by atoms with E-state index < -0.39 is 10.0 Å². The van der Waals surface area contributed by atoms with Crippen molar-refractivity contribution in [1.29, 1.82) is 0 Å². The molecule has 2 heterocycles. The van der Waals surface area contributed by atoms with Gasteiger partial charge >= 0.3 is 0 Å². The van der Waals surface area contributed by atoms with Crippen molar-refractivity contribution in [3.63, 3.8) is 0 Å². The molecule has 108 valence electrons. The van der Waals surface area contributed by atoms with Crippen LogP contribution in [0.4, 0.5) is 0 Å². The number of nitrogens with zero attached hydrogens (tertiary/aromatic N) is 3. The Morgan fingerprint density at radius 3 is 2.63 bits per heavy atom. The lowest BCUT2D eigenvalue weighted by Crippen LogP contribution is -2.39. The molecule has 1 saturated heterocycles. The van der Waals surface area contributed by atoms with Crippen molar-refractivity contribution in [2.45, 2.75) is 51.5 Å². The Morgan fingerprint density at radius 1 is 1.42 bits per heavy atom. The lowest BCUT2D eigenvalue weighted by Gasteiger charge is -2.29. The van der Waals surface area contributed by atoms with Gasteiger partial charge in [-0.15, -0.1) is 0 Å². The highest BCUT2D eigenvalue weighted by Crippen LogP contribution is 2.25. The number of aryl methyl sites for hydroxylation is 1. The molecular weight excluding hydrogens is 262 g/mol. The van der Waals surface area contributed by atoms with Crippen molar-refractivity contribution in [3.8, 4) is 0 Å². The van der Waals surface area contributed by atoms with Crippen LogP contribution >= 0.6 is 0 Å². The van der Waals surface area contributed by atoms with Crippen LogP contribution in [0.1, 0.15) is 45.3 Å². The Hall–Kier alpha value is -0.880. The van der Waals surface area contributed by atoms with E-state index in [-0.39, 0.29) is 6.04 Å². The first-order chi connectivity index (χ1) is 8.82. The quantitative estimate of drug-likeness (QED) is 0.855. The summed E-state index contributed by atoms with van der Waals surface area (Å²) in [5.74, 6) is 0.434. The number of piperidine rings is 1. The van der Waals surface area contributed by atoms with Crippen LogP contribution in [-0.2, 0) is 10.0 Å². The Morgan fingerprint density at radius 2 is 2.11 bits per heavy atom. The second-order valence-corrected chi connectivity index (χ2v) is 7.67. The largest absolute Gasteiger partial charge is 0.269 e. The summed E-state index contributed by atoms with van der Waals surface area (Å²) < 4.78 is 28.6. The van der Waals surface area contributed by atoms with E-state index in [1.54, 1.807) is 22.1 Å². The average molecular weight is 285 g/mol. The number of aromatic nitrogens is 2. The molecule has 6 heteroatoms. The molecule has 1 aromatic rings. The predicted molar refractivity (Wildman–Crippen MR) is 74.5 cm³/mol. The zero-order valence-electron chi connectivity index (χ0n) is 12.1. The van der Waals surface area contributed by atoms with E-state index in [1.807, 2.05) is 13.8 Å². The maximum Gasteiger partial charge on any atom is 0.246 e. The Bertz CT molecular complexity index is 548. The normalized spacial score (nSPS) is 22.1. The van der Waals surface area contributed by atoms with Gasteiger partial charge in [-0.3, -0.25) is 4.68 Å². The molecule has 0 amide bonds. The van der Waals surface area contributed by atoms with Gasteiger partial charge in [0.05, 0.1) is 5.69 Å². The molecule has 0 radical (unpaired) electrons. The van der Waals surface area contributed by atoms with Gasteiger partial charge in [-0.25, -0.2) is 8.42 Å². The number of hydrogen-bond acceptors (Lipinski definition) is 3. The fourth-order valence-electron chi connectivity index (χ4n) is 2.49. The van der Waals surface area contributed by atoms with Crippen LogP contribution < -0.4 is 0 Å². The second-order valence-electron chi connectivity index (χ2n) is 5.76. The van der Waals surface area contributed by atoms with Crippen molar-refractivity contribution >= 4 is 10.0 Å². The van der Waals surface area contributed by atoms with Crippen LogP contribution in [0.2, 0.25) is 0 Å². The maximum atomic E-state index is 12.7. The molecule has 1 aromatic heterocycles. The summed E-state index contributed by atoms with van der Waals surface area (Å²) in [7, 11) is -3.39. The zero-order chi connectivity index (χ0) is 14.2. The Balaban J connectivity index is 2.33. The van der Waals surface area contributed by atoms with Crippen molar-refractivity contribution in [2.75, 3.05) is 13.1 Å². The van der Waals surface area contributed by atoms with Gasteiger partial charge in [0.2, 0.25) is 10.0 Å². The summed E-state index contributed by atoms with van der Waals surface area (Å²) in [6, 6.07) is 0.169. The summed E-state index contributed by atoms with van der Waals surface area (Å²) >= 11 is 0. The van der Waals surface area contributed by atoms with Crippen LogP contribution in [-0.4, -0.2) is 35.6 Å². The zero-order valence-corrected chi connectivity index (χ0v) is 12.9. The number of rotatable bonds is 3. The molecule has 1 atom stereocenters. The topological polar surface area (TPSA) is 55.2 Å². The first-order valence-corrected chi connectivity index (χ1v) is 8.32. The molecule has 1 aliphatic rings. The van der Waals surface area contributed by atoms with Crippen LogP contribution in [0.25, 0.3) is 0 Å². The molecule has 1 aliphatic heterocycles. The lowest BCUT2D eigenvalue weighted by molar-refractivity contribution is 0.281.